The zero-order chi connectivity index (χ0) is 24.7. The lowest BCUT2D eigenvalue weighted by Gasteiger charge is -2.24. The highest BCUT2D eigenvalue weighted by Crippen LogP contribution is 2.43. The highest BCUT2D eigenvalue weighted by molar-refractivity contribution is 5.84. The number of rotatable bonds is 5. The van der Waals surface area contributed by atoms with Crippen LogP contribution in [-0.4, -0.2) is 19.5 Å². The van der Waals surface area contributed by atoms with E-state index in [-0.39, 0.29) is 45.5 Å². The minimum atomic E-state index is -0.706. The van der Waals surface area contributed by atoms with Gasteiger partial charge in [-0.3, -0.25) is 9.36 Å². The topological polar surface area (TPSA) is 172 Å². The first-order chi connectivity index (χ1) is 16.9. The van der Waals surface area contributed by atoms with E-state index in [0.717, 1.165) is 25.0 Å². The van der Waals surface area contributed by atoms with Crippen LogP contribution in [0.1, 0.15) is 35.8 Å². The van der Waals surface area contributed by atoms with E-state index in [1.165, 1.54) is 4.57 Å². The fourth-order valence-corrected chi connectivity index (χ4v) is 4.07. The molecule has 1 aliphatic carbocycles. The first-order valence-corrected chi connectivity index (χ1v) is 10.7. The van der Waals surface area contributed by atoms with Crippen LogP contribution in [0, 0.1) is 34.4 Å². The fraction of sp³-hybridized carbons (Fsp3) is 0.167. The van der Waals surface area contributed by atoms with Crippen LogP contribution < -0.4 is 22.3 Å². The van der Waals surface area contributed by atoms with Crippen LogP contribution in [0.4, 0.5) is 22.0 Å². The van der Waals surface area contributed by atoms with E-state index in [1.54, 1.807) is 30.3 Å². The molecule has 5 rings (SSSR count). The molecule has 0 spiro atoms. The number of anilines is 3. The molecule has 0 aliphatic heterocycles. The highest BCUT2D eigenvalue weighted by atomic mass is 19.1. The number of benzene rings is 2. The van der Waals surface area contributed by atoms with E-state index < -0.39 is 17.4 Å². The minimum Gasteiger partial charge on any atom is -0.382 e. The van der Waals surface area contributed by atoms with Crippen LogP contribution in [0.2, 0.25) is 0 Å². The molecule has 0 saturated heterocycles. The average molecular weight is 467 g/mol. The summed E-state index contributed by atoms with van der Waals surface area (Å²) >= 11 is 0. The molecule has 4 aromatic rings. The van der Waals surface area contributed by atoms with E-state index in [0.29, 0.717) is 11.5 Å². The standard InChI is InChI=1S/C24H18FN9O/c25-14-8-13(10-26)18-16(9-14)23(35)34(15-4-2-1-3-5-15)22(31-18)19(12-6-7-12)30-21-17(11-27)20(28)32-24(29)33-21/h1-5,8-9,12,19H,6-7H2,(H5,28,29,30,32,33). The molecule has 0 amide bonds. The summed E-state index contributed by atoms with van der Waals surface area (Å²) in [5, 5.41) is 22.4. The van der Waals surface area contributed by atoms with Gasteiger partial charge in [-0.1, -0.05) is 18.2 Å². The molecule has 5 N–H and O–H groups in total. The number of nitrogens with two attached hydrogens (primary N) is 2. The second-order valence-electron chi connectivity index (χ2n) is 8.17. The Hall–Kier alpha value is -5.03. The summed E-state index contributed by atoms with van der Waals surface area (Å²) in [4.78, 5) is 26.4. The molecule has 11 heteroatoms. The molecule has 1 saturated carbocycles. The van der Waals surface area contributed by atoms with Gasteiger partial charge in [0.15, 0.2) is 5.82 Å². The summed E-state index contributed by atoms with van der Waals surface area (Å²) in [5.41, 5.74) is 11.7. The second-order valence-corrected chi connectivity index (χ2v) is 8.17. The number of hydrogen-bond donors (Lipinski definition) is 3. The highest BCUT2D eigenvalue weighted by Gasteiger charge is 2.37. The van der Waals surface area contributed by atoms with Crippen molar-refractivity contribution in [3.63, 3.8) is 0 Å². The van der Waals surface area contributed by atoms with E-state index in [4.69, 9.17) is 16.5 Å². The predicted molar refractivity (Wildman–Crippen MR) is 127 cm³/mol. The summed E-state index contributed by atoms with van der Waals surface area (Å²) < 4.78 is 15.6. The van der Waals surface area contributed by atoms with E-state index in [1.807, 2.05) is 12.1 Å². The lowest BCUT2D eigenvalue weighted by atomic mass is 10.1. The van der Waals surface area contributed by atoms with Gasteiger partial charge in [-0.25, -0.2) is 9.37 Å². The summed E-state index contributed by atoms with van der Waals surface area (Å²) in [6.07, 6.45) is 1.65. The molecule has 1 atom stereocenters. The van der Waals surface area contributed by atoms with Gasteiger partial charge in [-0.15, -0.1) is 0 Å². The number of nitrogen functional groups attached to an aromatic ring is 2. The number of para-hydroxylation sites is 1. The van der Waals surface area contributed by atoms with Crippen molar-refractivity contribution < 1.29 is 4.39 Å². The van der Waals surface area contributed by atoms with E-state index in [2.05, 4.69) is 15.3 Å². The smallest absolute Gasteiger partial charge is 0.266 e. The van der Waals surface area contributed by atoms with Crippen molar-refractivity contribution in [2.75, 3.05) is 16.8 Å². The van der Waals surface area contributed by atoms with Crippen molar-refractivity contribution in [1.29, 1.82) is 10.5 Å². The van der Waals surface area contributed by atoms with Gasteiger partial charge in [-0.2, -0.15) is 20.5 Å². The van der Waals surface area contributed by atoms with E-state index in [9.17, 15) is 19.7 Å². The van der Waals surface area contributed by atoms with Gasteiger partial charge < -0.3 is 16.8 Å². The number of nitrogens with zero attached hydrogens (tertiary/aromatic N) is 6. The Bertz CT molecular complexity index is 1620. The summed E-state index contributed by atoms with van der Waals surface area (Å²) in [6.45, 7) is 0. The first-order valence-electron chi connectivity index (χ1n) is 10.7. The molecule has 2 aromatic carbocycles. The molecule has 0 radical (unpaired) electrons. The Kier molecular flexibility index (Phi) is 5.23. The largest absolute Gasteiger partial charge is 0.382 e. The maximum atomic E-state index is 14.2. The maximum Gasteiger partial charge on any atom is 0.266 e. The zero-order valence-corrected chi connectivity index (χ0v) is 18.2. The SMILES string of the molecule is N#Cc1c(N)nc(N)nc1NC(c1nc2c(C#N)cc(F)cc2c(=O)n1-c1ccccc1)C1CC1. The van der Waals surface area contributed by atoms with Crippen LogP contribution in [0.3, 0.4) is 0 Å². The summed E-state index contributed by atoms with van der Waals surface area (Å²) in [5.74, 6) is -0.451. The van der Waals surface area contributed by atoms with Gasteiger partial charge in [0.2, 0.25) is 5.95 Å². The molecule has 1 aliphatic rings. The third-order valence-corrected chi connectivity index (χ3v) is 5.83. The number of aromatic nitrogens is 4. The van der Waals surface area contributed by atoms with Gasteiger partial charge in [0.25, 0.3) is 5.56 Å². The Morgan fingerprint density at radius 3 is 2.49 bits per heavy atom. The second kappa shape index (κ2) is 8.39. The fourth-order valence-electron chi connectivity index (χ4n) is 4.07. The van der Waals surface area contributed by atoms with Crippen molar-refractivity contribution in [2.24, 2.45) is 5.92 Å². The van der Waals surface area contributed by atoms with Crippen molar-refractivity contribution in [3.8, 4) is 17.8 Å². The number of fused-ring (bicyclic) bond motifs is 1. The summed E-state index contributed by atoms with van der Waals surface area (Å²) in [7, 11) is 0. The van der Waals surface area contributed by atoms with Gasteiger partial charge in [0.05, 0.1) is 28.2 Å². The Balaban J connectivity index is 1.80. The Labute approximate surface area is 198 Å². The van der Waals surface area contributed by atoms with E-state index >= 15 is 0 Å². The normalized spacial score (nSPS) is 13.7. The third kappa shape index (κ3) is 3.85. The van der Waals surface area contributed by atoms with Gasteiger partial charge in [0, 0.05) is 0 Å². The molecular weight excluding hydrogens is 449 g/mol. The average Bonchev–Trinajstić information content (AvgIpc) is 3.68. The molecule has 172 valence electrons. The van der Waals surface area contributed by atoms with Crippen LogP contribution in [0.15, 0.2) is 47.3 Å². The quantitative estimate of drug-likeness (QED) is 0.399. The molecule has 1 unspecified atom stereocenters. The van der Waals surface area contributed by atoms with Crippen LogP contribution in [0.5, 0.6) is 0 Å². The third-order valence-electron chi connectivity index (χ3n) is 5.83. The molecule has 2 heterocycles. The van der Waals surface area contributed by atoms with Crippen molar-refractivity contribution in [1.82, 2.24) is 19.5 Å². The zero-order valence-electron chi connectivity index (χ0n) is 18.2. The minimum absolute atomic E-state index is 0.0130. The molecule has 1 fully saturated rings. The first kappa shape index (κ1) is 21.8. The van der Waals surface area contributed by atoms with Crippen molar-refractivity contribution >= 4 is 28.5 Å². The van der Waals surface area contributed by atoms with Gasteiger partial charge in [-0.05, 0) is 43.0 Å². The lowest BCUT2D eigenvalue weighted by molar-refractivity contribution is 0.607. The molecule has 35 heavy (non-hydrogen) atoms. The van der Waals surface area contributed by atoms with Crippen LogP contribution in [0.25, 0.3) is 16.6 Å². The van der Waals surface area contributed by atoms with Gasteiger partial charge in [0.1, 0.15) is 35.2 Å². The van der Waals surface area contributed by atoms with Gasteiger partial charge >= 0.3 is 0 Å². The lowest BCUT2D eigenvalue weighted by Crippen LogP contribution is -2.30. The predicted octanol–water partition coefficient (Wildman–Crippen LogP) is 2.79. The Morgan fingerprint density at radius 1 is 1.09 bits per heavy atom. The Morgan fingerprint density at radius 2 is 1.83 bits per heavy atom. The monoisotopic (exact) mass is 467 g/mol. The number of nitriles is 2. The van der Waals surface area contributed by atoms with Crippen LogP contribution in [-0.2, 0) is 0 Å². The maximum absolute atomic E-state index is 14.2. The number of hydrogen-bond acceptors (Lipinski definition) is 9. The molecule has 10 nitrogen and oxygen atoms in total. The van der Waals surface area contributed by atoms with Crippen molar-refractivity contribution in [2.45, 2.75) is 18.9 Å². The molecular formula is C24H18FN9O. The number of halogens is 1. The molecule has 2 aromatic heterocycles. The summed E-state index contributed by atoms with van der Waals surface area (Å²) in [6, 6.07) is 14.2. The van der Waals surface area contributed by atoms with Crippen LogP contribution >= 0.6 is 0 Å². The van der Waals surface area contributed by atoms with Crippen molar-refractivity contribution in [3.05, 3.63) is 75.6 Å². The number of nitrogens with one attached hydrogen (secondary N) is 1. The molecule has 0 bridgehead atoms.